The molecule has 0 aliphatic carbocycles. The summed E-state index contributed by atoms with van der Waals surface area (Å²) in [7, 11) is 0. The maximum atomic E-state index is 13.4. The summed E-state index contributed by atoms with van der Waals surface area (Å²) >= 11 is 6.24. The first kappa shape index (κ1) is 22.0. The highest BCUT2D eigenvalue weighted by Gasteiger charge is 2.31. The lowest BCUT2D eigenvalue weighted by molar-refractivity contribution is -0.139. The van der Waals surface area contributed by atoms with E-state index in [1.54, 1.807) is 36.2 Å². The first-order valence-electron chi connectivity index (χ1n) is 10.3. The fraction of sp³-hybridized carbons (Fsp3) is 0.292. The summed E-state index contributed by atoms with van der Waals surface area (Å²) in [6.45, 7) is 2.64. The molecular weight excluding hydrogens is 435 g/mol. The molecule has 0 bridgehead atoms. The van der Waals surface area contributed by atoms with E-state index >= 15 is 0 Å². The molecule has 32 heavy (non-hydrogen) atoms. The molecule has 1 aromatic heterocycles. The number of carboxylic acid groups (broad SMARTS) is 1. The molecule has 1 saturated heterocycles. The Bertz CT molecular complexity index is 1190. The van der Waals surface area contributed by atoms with Crippen LogP contribution in [0, 0.1) is 11.7 Å². The van der Waals surface area contributed by atoms with Crippen LogP contribution in [-0.4, -0.2) is 46.1 Å². The Labute approximate surface area is 189 Å². The number of carboxylic acids is 1. The van der Waals surface area contributed by atoms with Gasteiger partial charge in [0, 0.05) is 42.7 Å². The van der Waals surface area contributed by atoms with E-state index in [1.807, 2.05) is 12.1 Å². The highest BCUT2D eigenvalue weighted by molar-refractivity contribution is 6.33. The largest absolute Gasteiger partial charge is 0.481 e. The molecule has 4 rings (SSSR count). The number of rotatable bonds is 6. The van der Waals surface area contributed by atoms with Crippen LogP contribution < -0.4 is 4.74 Å². The van der Waals surface area contributed by atoms with E-state index in [4.69, 9.17) is 21.4 Å². The Morgan fingerprint density at radius 3 is 2.81 bits per heavy atom. The number of ether oxygens (including phenoxy) is 1. The van der Waals surface area contributed by atoms with Crippen LogP contribution in [0.1, 0.15) is 19.8 Å². The van der Waals surface area contributed by atoms with Crippen LogP contribution in [0.5, 0.6) is 5.75 Å². The van der Waals surface area contributed by atoms with Gasteiger partial charge in [-0.1, -0.05) is 11.6 Å². The lowest BCUT2D eigenvalue weighted by atomic mass is 10.0. The van der Waals surface area contributed by atoms with Crippen molar-refractivity contribution in [1.29, 1.82) is 0 Å². The van der Waals surface area contributed by atoms with Crippen molar-refractivity contribution in [3.05, 3.63) is 59.5 Å². The van der Waals surface area contributed by atoms with Gasteiger partial charge in [0.05, 0.1) is 10.5 Å². The number of hydrogen-bond donors (Lipinski definition) is 1. The van der Waals surface area contributed by atoms with Gasteiger partial charge < -0.3 is 14.7 Å². The van der Waals surface area contributed by atoms with E-state index in [2.05, 4.69) is 4.98 Å². The van der Waals surface area contributed by atoms with E-state index in [1.165, 1.54) is 12.1 Å². The minimum absolute atomic E-state index is 0.0229. The Balaban J connectivity index is 1.51. The number of amides is 1. The van der Waals surface area contributed by atoms with Crippen LogP contribution in [0.3, 0.4) is 0 Å². The van der Waals surface area contributed by atoms with Crippen molar-refractivity contribution in [1.82, 2.24) is 9.88 Å². The van der Waals surface area contributed by atoms with Crippen molar-refractivity contribution in [3.8, 4) is 16.9 Å². The highest BCUT2D eigenvalue weighted by atomic mass is 35.5. The average Bonchev–Trinajstić information content (AvgIpc) is 3.20. The minimum Gasteiger partial charge on any atom is -0.481 e. The number of aromatic nitrogens is 1. The first-order valence-corrected chi connectivity index (χ1v) is 10.7. The lowest BCUT2D eigenvalue weighted by Crippen LogP contribution is -2.39. The van der Waals surface area contributed by atoms with Crippen LogP contribution in [-0.2, 0) is 9.59 Å². The Hall–Kier alpha value is -3.19. The highest BCUT2D eigenvalue weighted by Crippen LogP contribution is 2.34. The number of hydrogen-bond acceptors (Lipinski definition) is 4. The Kier molecular flexibility index (Phi) is 6.28. The van der Waals surface area contributed by atoms with Crippen LogP contribution in [0.25, 0.3) is 22.0 Å². The molecule has 1 aliphatic heterocycles. The zero-order chi connectivity index (χ0) is 22.8. The molecule has 0 unspecified atom stereocenters. The van der Waals surface area contributed by atoms with Crippen LogP contribution in [0.4, 0.5) is 4.39 Å². The fourth-order valence-corrected chi connectivity index (χ4v) is 4.37. The molecule has 1 fully saturated rings. The molecule has 8 heteroatoms. The standard InChI is InChI=1S/C24H22ClFN2O4/c1-14(24(31)28-9-7-15(13-28)10-23(29)30)32-17-3-5-20-18(6-8-27-22(20)12-17)19-4-2-16(26)11-21(19)25/h2-6,8,11-12,14-15H,7,9-10,13H2,1H3,(H,29,30)/t14-,15+/m1/s1. The zero-order valence-corrected chi connectivity index (χ0v) is 18.2. The molecule has 2 heterocycles. The van der Waals surface area contributed by atoms with Crippen molar-refractivity contribution in [2.24, 2.45) is 5.92 Å². The third kappa shape index (κ3) is 4.67. The summed E-state index contributed by atoms with van der Waals surface area (Å²) in [5, 5.41) is 10.1. The van der Waals surface area contributed by atoms with E-state index in [9.17, 15) is 14.0 Å². The number of carbonyl (C=O) groups excluding carboxylic acids is 1. The molecule has 2 aromatic carbocycles. The van der Waals surface area contributed by atoms with Gasteiger partial charge in [-0.25, -0.2) is 4.39 Å². The summed E-state index contributed by atoms with van der Waals surface area (Å²) in [4.78, 5) is 29.7. The van der Waals surface area contributed by atoms with Crippen molar-refractivity contribution in [3.63, 3.8) is 0 Å². The quantitative estimate of drug-likeness (QED) is 0.577. The van der Waals surface area contributed by atoms with Crippen molar-refractivity contribution in [2.75, 3.05) is 13.1 Å². The maximum absolute atomic E-state index is 13.4. The number of halogens is 2. The maximum Gasteiger partial charge on any atom is 0.303 e. The third-order valence-corrected chi connectivity index (χ3v) is 5.97. The molecule has 1 amide bonds. The molecule has 1 aliphatic rings. The van der Waals surface area contributed by atoms with Gasteiger partial charge in [0.25, 0.3) is 5.91 Å². The molecule has 0 spiro atoms. The normalized spacial score (nSPS) is 16.8. The molecular formula is C24H22ClFN2O4. The summed E-state index contributed by atoms with van der Waals surface area (Å²) in [5.74, 6) is -0.949. The SMILES string of the molecule is C[C@@H](Oc1ccc2c(-c3ccc(F)cc3Cl)ccnc2c1)C(=O)N1CC[C@@H](CC(=O)O)C1. The van der Waals surface area contributed by atoms with Gasteiger partial charge in [0.15, 0.2) is 6.10 Å². The van der Waals surface area contributed by atoms with Gasteiger partial charge in [-0.3, -0.25) is 14.6 Å². The van der Waals surface area contributed by atoms with Gasteiger partial charge in [0.2, 0.25) is 0 Å². The molecule has 6 nitrogen and oxygen atoms in total. The summed E-state index contributed by atoms with van der Waals surface area (Å²) in [5.41, 5.74) is 2.17. The Morgan fingerprint density at radius 1 is 1.25 bits per heavy atom. The smallest absolute Gasteiger partial charge is 0.303 e. The van der Waals surface area contributed by atoms with E-state index in [-0.39, 0.29) is 18.2 Å². The van der Waals surface area contributed by atoms with Crippen LogP contribution >= 0.6 is 11.6 Å². The first-order chi connectivity index (χ1) is 15.3. The molecule has 3 aromatic rings. The number of aliphatic carboxylic acids is 1. The van der Waals surface area contributed by atoms with Crippen LogP contribution in [0.15, 0.2) is 48.7 Å². The van der Waals surface area contributed by atoms with Gasteiger partial charge >= 0.3 is 5.97 Å². The van der Waals surface area contributed by atoms with Crippen molar-refractivity contribution >= 4 is 34.4 Å². The van der Waals surface area contributed by atoms with Gasteiger partial charge in [-0.15, -0.1) is 0 Å². The average molecular weight is 457 g/mol. The third-order valence-electron chi connectivity index (χ3n) is 5.66. The van der Waals surface area contributed by atoms with Gasteiger partial charge in [-0.2, -0.15) is 0 Å². The molecule has 0 saturated carbocycles. The lowest BCUT2D eigenvalue weighted by Gasteiger charge is -2.22. The second-order valence-electron chi connectivity index (χ2n) is 7.96. The minimum atomic E-state index is -0.849. The molecule has 1 N–H and O–H groups in total. The number of carbonyl (C=O) groups is 2. The van der Waals surface area contributed by atoms with Crippen molar-refractivity contribution < 1.29 is 23.8 Å². The Morgan fingerprint density at radius 2 is 2.06 bits per heavy atom. The summed E-state index contributed by atoms with van der Waals surface area (Å²) in [6.07, 6.45) is 1.67. The predicted molar refractivity (Wildman–Crippen MR) is 119 cm³/mol. The van der Waals surface area contributed by atoms with E-state index in [0.717, 1.165) is 10.9 Å². The number of pyridine rings is 1. The van der Waals surface area contributed by atoms with E-state index < -0.39 is 17.9 Å². The van der Waals surface area contributed by atoms with E-state index in [0.29, 0.717) is 41.4 Å². The summed E-state index contributed by atoms with van der Waals surface area (Å²) in [6, 6.07) is 11.4. The second kappa shape index (κ2) is 9.12. The second-order valence-corrected chi connectivity index (χ2v) is 8.37. The molecule has 166 valence electrons. The summed E-state index contributed by atoms with van der Waals surface area (Å²) < 4.78 is 19.3. The van der Waals surface area contributed by atoms with Crippen molar-refractivity contribution in [2.45, 2.75) is 25.9 Å². The van der Waals surface area contributed by atoms with Gasteiger partial charge in [0.1, 0.15) is 11.6 Å². The topological polar surface area (TPSA) is 79.7 Å². The number of benzene rings is 2. The van der Waals surface area contributed by atoms with Crippen LogP contribution in [0.2, 0.25) is 5.02 Å². The number of fused-ring (bicyclic) bond motifs is 1. The molecule has 0 radical (unpaired) electrons. The number of likely N-dealkylation sites (tertiary alicyclic amines) is 1. The zero-order valence-electron chi connectivity index (χ0n) is 17.4. The fourth-order valence-electron chi connectivity index (χ4n) is 4.10. The molecule has 2 atom stereocenters. The van der Waals surface area contributed by atoms with Gasteiger partial charge in [-0.05, 0) is 61.2 Å². The monoisotopic (exact) mass is 456 g/mol. The predicted octanol–water partition coefficient (Wildman–Crippen LogP) is 4.78. The number of nitrogens with zero attached hydrogens (tertiary/aromatic N) is 2.